The van der Waals surface area contributed by atoms with Gasteiger partial charge < -0.3 is 15.4 Å². The predicted molar refractivity (Wildman–Crippen MR) is 65.0 cm³/mol. The van der Waals surface area contributed by atoms with Crippen LogP contribution < -0.4 is 5.32 Å². The molecule has 2 heterocycles. The van der Waals surface area contributed by atoms with Crippen LogP contribution in [-0.2, 0) is 6.54 Å². The van der Waals surface area contributed by atoms with Gasteiger partial charge in [-0.3, -0.25) is 4.79 Å². The highest BCUT2D eigenvalue weighted by Crippen LogP contribution is 2.24. The van der Waals surface area contributed by atoms with Crippen molar-refractivity contribution in [2.45, 2.75) is 13.5 Å². The van der Waals surface area contributed by atoms with Gasteiger partial charge in [0.05, 0.1) is 18.6 Å². The molecule has 0 spiro atoms. The summed E-state index contributed by atoms with van der Waals surface area (Å²) in [7, 11) is 0. The van der Waals surface area contributed by atoms with Gasteiger partial charge in [0.1, 0.15) is 4.88 Å². The van der Waals surface area contributed by atoms with E-state index >= 15 is 0 Å². The van der Waals surface area contributed by atoms with Crippen LogP contribution in [0.25, 0.3) is 0 Å². The SMILES string of the molecule is CC(=O)c1sc(NCc2cnc[nH]2)nc1C(=O)O. The first-order chi connectivity index (χ1) is 8.58. The molecule has 94 valence electrons. The Bertz CT molecular complexity index is 544. The third-order valence-corrected chi connectivity index (χ3v) is 3.25. The van der Waals surface area contributed by atoms with Crippen molar-refractivity contribution in [1.29, 1.82) is 0 Å². The Kier molecular flexibility index (Phi) is 3.38. The van der Waals surface area contributed by atoms with E-state index in [9.17, 15) is 9.59 Å². The van der Waals surface area contributed by atoms with E-state index in [2.05, 4.69) is 20.3 Å². The van der Waals surface area contributed by atoms with Crippen LogP contribution in [0.3, 0.4) is 0 Å². The molecule has 0 fully saturated rings. The minimum absolute atomic E-state index is 0.148. The number of carboxylic acids is 1. The minimum atomic E-state index is -1.20. The van der Waals surface area contributed by atoms with E-state index in [-0.39, 0.29) is 16.4 Å². The number of hydrogen-bond donors (Lipinski definition) is 3. The lowest BCUT2D eigenvalue weighted by Crippen LogP contribution is -2.04. The van der Waals surface area contributed by atoms with Crippen molar-refractivity contribution in [3.05, 3.63) is 28.8 Å². The van der Waals surface area contributed by atoms with E-state index in [0.29, 0.717) is 11.7 Å². The molecule has 0 atom stereocenters. The molecule has 18 heavy (non-hydrogen) atoms. The van der Waals surface area contributed by atoms with Crippen molar-refractivity contribution >= 4 is 28.2 Å². The largest absolute Gasteiger partial charge is 0.476 e. The summed E-state index contributed by atoms with van der Waals surface area (Å²) in [6, 6.07) is 0. The van der Waals surface area contributed by atoms with Crippen molar-refractivity contribution < 1.29 is 14.7 Å². The Morgan fingerprint density at radius 1 is 1.56 bits per heavy atom. The fourth-order valence-electron chi connectivity index (χ4n) is 1.33. The summed E-state index contributed by atoms with van der Waals surface area (Å²) in [5.41, 5.74) is 0.631. The number of carbonyl (C=O) groups excluding carboxylic acids is 1. The van der Waals surface area contributed by atoms with Crippen LogP contribution in [0.5, 0.6) is 0 Å². The minimum Gasteiger partial charge on any atom is -0.476 e. The Balaban J connectivity index is 2.16. The van der Waals surface area contributed by atoms with Crippen LogP contribution in [0.15, 0.2) is 12.5 Å². The van der Waals surface area contributed by atoms with Crippen LogP contribution in [0.1, 0.15) is 32.8 Å². The first-order valence-electron chi connectivity index (χ1n) is 5.04. The molecular formula is C10H10N4O3S. The molecule has 0 aliphatic carbocycles. The fraction of sp³-hybridized carbons (Fsp3) is 0.200. The van der Waals surface area contributed by atoms with Gasteiger partial charge in [0.2, 0.25) is 0 Å². The van der Waals surface area contributed by atoms with Crippen molar-refractivity contribution in [3.8, 4) is 0 Å². The maximum atomic E-state index is 11.3. The highest BCUT2D eigenvalue weighted by Gasteiger charge is 2.20. The zero-order valence-corrected chi connectivity index (χ0v) is 10.2. The lowest BCUT2D eigenvalue weighted by atomic mass is 10.3. The standard InChI is InChI=1S/C10H10N4O3S/c1-5(15)8-7(9(16)17)14-10(18-8)12-3-6-2-11-4-13-6/h2,4H,3H2,1H3,(H,11,13)(H,12,14)(H,16,17). The third-order valence-electron chi connectivity index (χ3n) is 2.13. The molecule has 2 rings (SSSR count). The highest BCUT2D eigenvalue weighted by atomic mass is 32.1. The molecule has 0 amide bonds. The topological polar surface area (TPSA) is 108 Å². The number of carbonyl (C=O) groups is 2. The number of imidazole rings is 1. The molecule has 2 aromatic heterocycles. The zero-order valence-electron chi connectivity index (χ0n) is 9.43. The molecule has 0 bridgehead atoms. The number of aromatic amines is 1. The molecule has 0 radical (unpaired) electrons. The Labute approximate surface area is 106 Å². The normalized spacial score (nSPS) is 10.3. The number of ketones is 1. The van der Waals surface area contributed by atoms with Crippen molar-refractivity contribution in [2.75, 3.05) is 5.32 Å². The van der Waals surface area contributed by atoms with Gasteiger partial charge >= 0.3 is 5.97 Å². The number of Topliss-reactive ketones (excluding diaryl/α,β-unsaturated/α-hetero) is 1. The van der Waals surface area contributed by atoms with Crippen LogP contribution in [0.2, 0.25) is 0 Å². The predicted octanol–water partition coefficient (Wildman–Crippen LogP) is 1.38. The molecule has 0 saturated heterocycles. The summed E-state index contributed by atoms with van der Waals surface area (Å²) in [5.74, 6) is -1.51. The van der Waals surface area contributed by atoms with E-state index in [1.807, 2.05) is 0 Å². The number of nitrogens with one attached hydrogen (secondary N) is 2. The zero-order chi connectivity index (χ0) is 13.1. The Morgan fingerprint density at radius 2 is 2.33 bits per heavy atom. The number of carboxylic acid groups (broad SMARTS) is 1. The van der Waals surface area contributed by atoms with Gasteiger partial charge in [-0.25, -0.2) is 14.8 Å². The smallest absolute Gasteiger partial charge is 0.356 e. The first kappa shape index (κ1) is 12.2. The molecule has 0 aromatic carbocycles. The highest BCUT2D eigenvalue weighted by molar-refractivity contribution is 7.17. The number of H-pyrrole nitrogens is 1. The van der Waals surface area contributed by atoms with Gasteiger partial charge in [0.25, 0.3) is 0 Å². The number of rotatable bonds is 5. The lowest BCUT2D eigenvalue weighted by Gasteiger charge is -1.98. The quantitative estimate of drug-likeness (QED) is 0.705. The van der Waals surface area contributed by atoms with Crippen LogP contribution in [0, 0.1) is 0 Å². The first-order valence-corrected chi connectivity index (χ1v) is 5.85. The summed E-state index contributed by atoms with van der Waals surface area (Å²) >= 11 is 1.03. The Morgan fingerprint density at radius 3 is 2.83 bits per heavy atom. The van der Waals surface area contributed by atoms with Crippen molar-refractivity contribution in [1.82, 2.24) is 15.0 Å². The molecule has 0 aliphatic rings. The molecule has 0 aliphatic heterocycles. The van der Waals surface area contributed by atoms with Crippen LogP contribution >= 0.6 is 11.3 Å². The van der Waals surface area contributed by atoms with Gasteiger partial charge in [-0.2, -0.15) is 0 Å². The Hall–Kier alpha value is -2.22. The average molecular weight is 266 g/mol. The van der Waals surface area contributed by atoms with E-state index < -0.39 is 5.97 Å². The molecular weight excluding hydrogens is 256 g/mol. The molecule has 7 nitrogen and oxygen atoms in total. The maximum absolute atomic E-state index is 11.3. The molecule has 0 unspecified atom stereocenters. The van der Waals surface area contributed by atoms with Crippen molar-refractivity contribution in [3.63, 3.8) is 0 Å². The number of aromatic nitrogens is 3. The second kappa shape index (κ2) is 4.96. The van der Waals surface area contributed by atoms with Crippen molar-refractivity contribution in [2.24, 2.45) is 0 Å². The van der Waals surface area contributed by atoms with Gasteiger partial charge in [-0.15, -0.1) is 0 Å². The van der Waals surface area contributed by atoms with E-state index in [1.165, 1.54) is 6.92 Å². The summed E-state index contributed by atoms with van der Waals surface area (Å²) in [6.45, 7) is 1.75. The summed E-state index contributed by atoms with van der Waals surface area (Å²) in [6.07, 6.45) is 3.19. The van der Waals surface area contributed by atoms with Crippen LogP contribution in [-0.4, -0.2) is 31.8 Å². The van der Waals surface area contributed by atoms with Gasteiger partial charge in [-0.05, 0) is 0 Å². The number of anilines is 1. The maximum Gasteiger partial charge on any atom is 0.356 e. The lowest BCUT2D eigenvalue weighted by molar-refractivity contribution is 0.0687. The molecule has 8 heteroatoms. The van der Waals surface area contributed by atoms with Gasteiger partial charge in [0.15, 0.2) is 16.6 Å². The summed E-state index contributed by atoms with van der Waals surface area (Å²) < 4.78 is 0. The molecule has 2 aromatic rings. The average Bonchev–Trinajstić information content (AvgIpc) is 2.95. The fourth-order valence-corrected chi connectivity index (χ4v) is 2.18. The number of aromatic carboxylic acids is 1. The monoisotopic (exact) mass is 266 g/mol. The van der Waals surface area contributed by atoms with Gasteiger partial charge in [0, 0.05) is 13.1 Å². The summed E-state index contributed by atoms with van der Waals surface area (Å²) in [4.78, 5) is 33.0. The number of thiazole rings is 1. The molecule has 3 N–H and O–H groups in total. The van der Waals surface area contributed by atoms with E-state index in [4.69, 9.17) is 5.11 Å². The van der Waals surface area contributed by atoms with Gasteiger partial charge in [-0.1, -0.05) is 11.3 Å². The second-order valence-corrected chi connectivity index (χ2v) is 4.49. The second-order valence-electron chi connectivity index (χ2n) is 3.49. The summed E-state index contributed by atoms with van der Waals surface area (Å²) in [5, 5.41) is 12.3. The van der Waals surface area contributed by atoms with Crippen LogP contribution in [0.4, 0.5) is 5.13 Å². The van der Waals surface area contributed by atoms with E-state index in [0.717, 1.165) is 17.0 Å². The number of nitrogens with zero attached hydrogens (tertiary/aromatic N) is 2. The number of hydrogen-bond acceptors (Lipinski definition) is 6. The molecule has 0 saturated carbocycles. The van der Waals surface area contributed by atoms with E-state index in [1.54, 1.807) is 12.5 Å². The third kappa shape index (κ3) is 2.54.